The van der Waals surface area contributed by atoms with E-state index in [1.807, 2.05) is 44.4 Å². The van der Waals surface area contributed by atoms with Gasteiger partial charge < -0.3 is 8.72 Å². The fraction of sp³-hybridized carbons (Fsp3) is 0.263. The van der Waals surface area contributed by atoms with Crippen LogP contribution in [0.4, 0.5) is 14.6 Å². The Balaban J connectivity index is 0.00000136. The van der Waals surface area contributed by atoms with Gasteiger partial charge in [0, 0.05) is 16.2 Å². The lowest BCUT2D eigenvalue weighted by atomic mass is 10.1. The molecule has 150 valence electrons. The molecule has 2 aromatic heterocycles. The van der Waals surface area contributed by atoms with Gasteiger partial charge in [0.05, 0.1) is 6.54 Å². The number of pyridine rings is 1. The standard InChI is InChI=1S/C17H15BrF2N4OS.C2H6/c1-26(2)24(14-8-7-13(18)9-21-14)10-11-3-5-12(6-4-11)16-22-23-17(25-16)15(19)20;1-2/h3-9,15H,1,10H2,2H3;1-2H3. The van der Waals surface area contributed by atoms with Crippen LogP contribution in [0.25, 0.3) is 11.5 Å². The van der Waals surface area contributed by atoms with Crippen molar-refractivity contribution in [1.29, 1.82) is 0 Å². The van der Waals surface area contributed by atoms with Gasteiger partial charge in [0.25, 0.3) is 5.89 Å². The van der Waals surface area contributed by atoms with E-state index in [0.717, 1.165) is 15.9 Å². The number of hydrogen-bond acceptors (Lipinski definition) is 5. The third-order valence-corrected chi connectivity index (χ3v) is 5.04. The molecule has 3 aromatic rings. The smallest absolute Gasteiger partial charge is 0.314 e. The summed E-state index contributed by atoms with van der Waals surface area (Å²) in [5.74, 6) is 4.34. The zero-order valence-corrected chi connectivity index (χ0v) is 18.2. The summed E-state index contributed by atoms with van der Waals surface area (Å²) < 4.78 is 33.1. The lowest BCUT2D eigenvalue weighted by Gasteiger charge is -2.24. The molecule has 0 radical (unpaired) electrons. The maximum Gasteiger partial charge on any atom is 0.314 e. The predicted octanol–water partition coefficient (Wildman–Crippen LogP) is 6.11. The molecule has 0 saturated carbocycles. The number of rotatable bonds is 6. The molecule has 1 unspecified atom stereocenters. The number of hydrogen-bond donors (Lipinski definition) is 0. The van der Waals surface area contributed by atoms with Crippen molar-refractivity contribution in [3.8, 4) is 11.5 Å². The van der Waals surface area contributed by atoms with Crippen LogP contribution in [-0.2, 0) is 6.54 Å². The molecule has 0 spiro atoms. The summed E-state index contributed by atoms with van der Waals surface area (Å²) in [5, 5.41) is 6.99. The molecule has 0 aliphatic carbocycles. The van der Waals surface area contributed by atoms with Gasteiger partial charge in [-0.2, -0.15) is 8.78 Å². The first-order valence-corrected chi connectivity index (χ1v) is 11.0. The zero-order valence-electron chi connectivity index (χ0n) is 15.8. The summed E-state index contributed by atoms with van der Waals surface area (Å²) in [5.41, 5.74) is 1.61. The molecule has 2 heterocycles. The highest BCUT2D eigenvalue weighted by Crippen LogP contribution is 2.27. The van der Waals surface area contributed by atoms with Crippen LogP contribution in [0.1, 0.15) is 31.7 Å². The number of alkyl halides is 2. The van der Waals surface area contributed by atoms with Crippen molar-refractivity contribution in [1.82, 2.24) is 15.2 Å². The average molecular weight is 471 g/mol. The van der Waals surface area contributed by atoms with E-state index in [9.17, 15) is 8.78 Å². The van der Waals surface area contributed by atoms with Gasteiger partial charge in [-0.25, -0.2) is 4.98 Å². The van der Waals surface area contributed by atoms with Crippen LogP contribution >= 0.6 is 26.6 Å². The Hall–Kier alpha value is -2.13. The van der Waals surface area contributed by atoms with E-state index in [-0.39, 0.29) is 16.6 Å². The van der Waals surface area contributed by atoms with Gasteiger partial charge in [0.15, 0.2) is 0 Å². The Morgan fingerprint density at radius 2 is 1.82 bits per heavy atom. The van der Waals surface area contributed by atoms with Gasteiger partial charge in [-0.15, -0.1) is 20.9 Å². The second kappa shape index (κ2) is 10.4. The Morgan fingerprint density at radius 3 is 2.32 bits per heavy atom. The van der Waals surface area contributed by atoms with Gasteiger partial charge in [-0.1, -0.05) is 31.9 Å². The summed E-state index contributed by atoms with van der Waals surface area (Å²) in [6.07, 6.45) is 0.985. The van der Waals surface area contributed by atoms with Crippen molar-refractivity contribution in [3.05, 3.63) is 58.5 Å². The highest BCUT2D eigenvalue weighted by Gasteiger charge is 2.17. The molecule has 0 amide bonds. The van der Waals surface area contributed by atoms with Crippen molar-refractivity contribution >= 4 is 38.3 Å². The minimum absolute atomic E-state index is 0.0747. The maximum absolute atomic E-state index is 12.5. The van der Waals surface area contributed by atoms with E-state index < -0.39 is 12.3 Å². The fourth-order valence-corrected chi connectivity index (χ4v) is 3.26. The van der Waals surface area contributed by atoms with Crippen molar-refractivity contribution in [2.24, 2.45) is 0 Å². The van der Waals surface area contributed by atoms with Crippen molar-refractivity contribution < 1.29 is 13.2 Å². The first-order valence-electron chi connectivity index (χ1n) is 8.49. The molecule has 0 N–H and O–H groups in total. The molecular formula is C19H21BrF2N4OS. The Bertz CT molecular complexity index is 901. The van der Waals surface area contributed by atoms with Gasteiger partial charge in [-0.05, 0) is 52.0 Å². The van der Waals surface area contributed by atoms with E-state index >= 15 is 0 Å². The molecule has 0 aliphatic rings. The number of benzene rings is 1. The van der Waals surface area contributed by atoms with Gasteiger partial charge in [0.2, 0.25) is 5.89 Å². The van der Waals surface area contributed by atoms with Crippen LogP contribution in [0.15, 0.2) is 51.5 Å². The number of aromatic nitrogens is 3. The minimum atomic E-state index is -2.78. The van der Waals surface area contributed by atoms with E-state index in [2.05, 4.69) is 41.3 Å². The van der Waals surface area contributed by atoms with E-state index in [4.69, 9.17) is 4.42 Å². The molecule has 0 fully saturated rings. The third-order valence-electron chi connectivity index (χ3n) is 3.50. The summed E-state index contributed by atoms with van der Waals surface area (Å²) in [6, 6.07) is 11.2. The van der Waals surface area contributed by atoms with Gasteiger partial charge >= 0.3 is 6.43 Å². The van der Waals surface area contributed by atoms with E-state index in [0.29, 0.717) is 12.1 Å². The molecule has 0 aliphatic heterocycles. The molecule has 9 heteroatoms. The van der Waals surface area contributed by atoms with E-state index in [1.165, 1.54) is 0 Å². The summed E-state index contributed by atoms with van der Waals surface area (Å²) in [4.78, 5) is 4.42. The van der Waals surface area contributed by atoms with Crippen LogP contribution in [-0.4, -0.2) is 27.3 Å². The highest BCUT2D eigenvalue weighted by molar-refractivity contribution is 9.10. The third kappa shape index (κ3) is 5.68. The maximum atomic E-state index is 12.5. The lowest BCUT2D eigenvalue weighted by Crippen LogP contribution is -2.16. The normalized spacial score (nSPS) is 11.7. The van der Waals surface area contributed by atoms with Crippen LogP contribution in [0.2, 0.25) is 0 Å². The predicted molar refractivity (Wildman–Crippen MR) is 115 cm³/mol. The van der Waals surface area contributed by atoms with Crippen LogP contribution in [0, 0.1) is 0 Å². The van der Waals surface area contributed by atoms with Crippen molar-refractivity contribution in [2.45, 2.75) is 26.8 Å². The monoisotopic (exact) mass is 470 g/mol. The molecule has 0 bridgehead atoms. The lowest BCUT2D eigenvalue weighted by molar-refractivity contribution is 0.116. The molecule has 3 rings (SSSR count). The molecule has 1 aromatic carbocycles. The molecule has 28 heavy (non-hydrogen) atoms. The Kier molecular flexibility index (Phi) is 8.25. The van der Waals surface area contributed by atoms with Crippen LogP contribution < -0.4 is 4.31 Å². The van der Waals surface area contributed by atoms with Gasteiger partial charge in [0.1, 0.15) is 5.82 Å². The fourth-order valence-electron chi connectivity index (χ4n) is 2.22. The Labute approximate surface area is 174 Å². The SMILES string of the molecule is C=S(C)N(Cc1ccc(-c2nnc(C(F)F)o2)cc1)c1ccc(Br)cn1.CC. The Morgan fingerprint density at radius 1 is 1.14 bits per heavy atom. The molecular weight excluding hydrogens is 450 g/mol. The average Bonchev–Trinajstić information content (AvgIpc) is 3.19. The first kappa shape index (κ1) is 22.2. The summed E-state index contributed by atoms with van der Waals surface area (Å²) >= 11 is 3.38. The molecule has 1 atom stereocenters. The first-order chi connectivity index (χ1) is 13.4. The van der Waals surface area contributed by atoms with Gasteiger partial charge in [-0.3, -0.25) is 0 Å². The van der Waals surface area contributed by atoms with Crippen molar-refractivity contribution in [3.63, 3.8) is 0 Å². The minimum Gasteiger partial charge on any atom is -0.415 e. The topological polar surface area (TPSA) is 55.1 Å². The second-order valence-electron chi connectivity index (χ2n) is 5.41. The molecule has 5 nitrogen and oxygen atoms in total. The van der Waals surface area contributed by atoms with Crippen LogP contribution in [0.3, 0.4) is 0 Å². The quantitative estimate of drug-likeness (QED) is 0.406. The van der Waals surface area contributed by atoms with E-state index in [1.54, 1.807) is 18.3 Å². The number of halogens is 3. The summed E-state index contributed by atoms with van der Waals surface area (Å²) in [7, 11) is -0.273. The number of anilines is 1. The highest BCUT2D eigenvalue weighted by atomic mass is 79.9. The van der Waals surface area contributed by atoms with Crippen LogP contribution in [0.5, 0.6) is 0 Å². The summed E-state index contributed by atoms with van der Waals surface area (Å²) in [6.45, 7) is 4.62. The largest absolute Gasteiger partial charge is 0.415 e. The second-order valence-corrected chi connectivity index (χ2v) is 7.97. The molecule has 0 saturated heterocycles. The zero-order chi connectivity index (χ0) is 20.7. The van der Waals surface area contributed by atoms with Crippen molar-refractivity contribution in [2.75, 3.05) is 10.6 Å². The number of nitrogens with zero attached hydrogens (tertiary/aromatic N) is 4.